The van der Waals surface area contributed by atoms with Gasteiger partial charge >= 0.3 is 5.70 Å². The highest BCUT2D eigenvalue weighted by molar-refractivity contribution is 5.33. The first-order chi connectivity index (χ1) is 13.3. The van der Waals surface area contributed by atoms with Crippen molar-refractivity contribution in [2.24, 2.45) is 0 Å². The molecule has 148 valence electrons. The lowest BCUT2D eigenvalue weighted by molar-refractivity contribution is 0.199. The molecule has 0 N–H and O–H groups in total. The Morgan fingerprint density at radius 3 is 1.89 bits per heavy atom. The topological polar surface area (TPSA) is 41.1 Å². The number of rotatable bonds is 7. The smallest absolute Gasteiger partial charge is 0.300 e. The first-order valence-corrected chi connectivity index (χ1v) is 10.8. The Kier molecular flexibility index (Phi) is 7.80. The van der Waals surface area contributed by atoms with Gasteiger partial charge in [-0.2, -0.15) is 0 Å². The minimum atomic E-state index is 0.268. The lowest BCUT2D eigenvalue weighted by Gasteiger charge is -2.31. The number of allylic oxidation sites excluding steroid dienone is 1. The summed E-state index contributed by atoms with van der Waals surface area (Å²) in [6, 6.07) is 2.15. The van der Waals surface area contributed by atoms with Crippen LogP contribution in [0.2, 0.25) is 0 Å². The Morgan fingerprint density at radius 1 is 0.778 bits per heavy atom. The molecule has 3 aliphatic heterocycles. The quantitative estimate of drug-likeness (QED) is 0.509. The zero-order valence-corrected chi connectivity index (χ0v) is 16.7. The number of hydrogen-bond acceptors (Lipinski definition) is 5. The van der Waals surface area contributed by atoms with Crippen LogP contribution in [0.3, 0.4) is 0 Å². The van der Waals surface area contributed by atoms with E-state index in [1.807, 2.05) is 0 Å². The third-order valence-electron chi connectivity index (χ3n) is 6.15. The van der Waals surface area contributed by atoms with Crippen molar-refractivity contribution >= 4 is 0 Å². The second kappa shape index (κ2) is 10.5. The van der Waals surface area contributed by atoms with Crippen LogP contribution in [0, 0.1) is 17.9 Å². The van der Waals surface area contributed by atoms with Crippen molar-refractivity contribution in [3.63, 3.8) is 0 Å². The van der Waals surface area contributed by atoms with Crippen molar-refractivity contribution in [2.75, 3.05) is 65.4 Å². The van der Waals surface area contributed by atoms with E-state index >= 15 is 0 Å². The number of likely N-dealkylation sites (tertiary alicyclic amines) is 2. The van der Waals surface area contributed by atoms with Gasteiger partial charge < -0.3 is 19.6 Å². The normalized spacial score (nSPS) is 23.9. The monoisotopic (exact) mass is 370 g/mol. The molecule has 0 unspecified atom stereocenters. The summed E-state index contributed by atoms with van der Waals surface area (Å²) in [5, 5.41) is 9.47. The number of nitrogens with zero attached hydrogens (tertiary/aromatic N) is 6. The van der Waals surface area contributed by atoms with E-state index in [9.17, 15) is 5.26 Å². The van der Waals surface area contributed by atoms with E-state index in [1.54, 1.807) is 0 Å². The number of hydrogen-bond donors (Lipinski definition) is 0. The molecule has 0 amide bonds. The van der Waals surface area contributed by atoms with Gasteiger partial charge in [-0.1, -0.05) is 12.8 Å². The van der Waals surface area contributed by atoms with E-state index in [2.05, 4.69) is 30.5 Å². The SMILES string of the molecule is [C-]#[N+]C(C#N)=C1N(CCCN2CCCCC2)CCN1CCN1CCCCC1. The fraction of sp³-hybridized carbons (Fsp3) is 0.810. The van der Waals surface area contributed by atoms with Crippen molar-refractivity contribution in [1.29, 1.82) is 5.26 Å². The molecule has 0 aromatic heterocycles. The van der Waals surface area contributed by atoms with Gasteiger partial charge in [-0.05, 0) is 64.8 Å². The van der Waals surface area contributed by atoms with Crippen LogP contribution >= 0.6 is 0 Å². The summed E-state index contributed by atoms with van der Waals surface area (Å²) in [5.41, 5.74) is 0.268. The summed E-state index contributed by atoms with van der Waals surface area (Å²) in [4.78, 5) is 13.2. The van der Waals surface area contributed by atoms with E-state index in [1.165, 1.54) is 64.7 Å². The highest BCUT2D eigenvalue weighted by atomic mass is 15.4. The molecule has 6 nitrogen and oxygen atoms in total. The van der Waals surface area contributed by atoms with E-state index in [-0.39, 0.29) is 5.70 Å². The van der Waals surface area contributed by atoms with Crippen molar-refractivity contribution in [2.45, 2.75) is 44.9 Å². The van der Waals surface area contributed by atoms with Gasteiger partial charge in [0.2, 0.25) is 0 Å². The Labute approximate surface area is 164 Å². The Bertz CT molecular complexity index is 558. The molecule has 0 aromatic carbocycles. The van der Waals surface area contributed by atoms with Gasteiger partial charge in [-0.3, -0.25) is 0 Å². The lowest BCUT2D eigenvalue weighted by atomic mass is 10.1. The minimum absolute atomic E-state index is 0.268. The highest BCUT2D eigenvalue weighted by Gasteiger charge is 2.28. The summed E-state index contributed by atoms with van der Waals surface area (Å²) in [7, 11) is 0. The molecule has 0 atom stereocenters. The fourth-order valence-corrected chi connectivity index (χ4v) is 4.63. The zero-order chi connectivity index (χ0) is 18.9. The molecule has 6 heteroatoms. The van der Waals surface area contributed by atoms with E-state index in [4.69, 9.17) is 6.57 Å². The molecule has 0 aromatic rings. The average molecular weight is 371 g/mol. The van der Waals surface area contributed by atoms with Crippen LogP contribution in [0.5, 0.6) is 0 Å². The van der Waals surface area contributed by atoms with Gasteiger partial charge in [0.1, 0.15) is 5.82 Å². The molecule has 3 fully saturated rings. The molecule has 0 spiro atoms. The molecular formula is C21H34N6. The predicted octanol–water partition coefficient (Wildman–Crippen LogP) is 2.58. The van der Waals surface area contributed by atoms with E-state index in [0.29, 0.717) is 0 Å². The molecule has 0 bridgehead atoms. The van der Waals surface area contributed by atoms with Crippen LogP contribution < -0.4 is 0 Å². The Hall–Kier alpha value is -1.76. The summed E-state index contributed by atoms with van der Waals surface area (Å²) in [6.07, 6.45) is 9.10. The van der Waals surface area contributed by atoms with Crippen LogP contribution in [0.4, 0.5) is 0 Å². The second-order valence-corrected chi connectivity index (χ2v) is 8.03. The maximum absolute atomic E-state index is 9.47. The third-order valence-corrected chi connectivity index (χ3v) is 6.15. The van der Waals surface area contributed by atoms with E-state index in [0.717, 1.165) is 51.5 Å². The number of piperidine rings is 2. The average Bonchev–Trinajstić information content (AvgIpc) is 3.12. The van der Waals surface area contributed by atoms with Gasteiger partial charge in [0.25, 0.3) is 0 Å². The molecule has 0 radical (unpaired) electrons. The van der Waals surface area contributed by atoms with Gasteiger partial charge in [-0.25, -0.2) is 10.1 Å². The molecule has 27 heavy (non-hydrogen) atoms. The van der Waals surface area contributed by atoms with Crippen LogP contribution in [0.1, 0.15) is 44.9 Å². The van der Waals surface area contributed by atoms with Gasteiger partial charge in [0.05, 0.1) is 12.6 Å². The Morgan fingerprint density at radius 2 is 1.33 bits per heavy atom. The second-order valence-electron chi connectivity index (χ2n) is 8.03. The predicted molar refractivity (Wildman–Crippen MR) is 108 cm³/mol. The maximum atomic E-state index is 9.47. The van der Waals surface area contributed by atoms with Crippen molar-refractivity contribution in [3.8, 4) is 6.07 Å². The van der Waals surface area contributed by atoms with Crippen LogP contribution in [-0.4, -0.2) is 85.0 Å². The highest BCUT2D eigenvalue weighted by Crippen LogP contribution is 2.23. The third kappa shape index (κ3) is 5.61. The molecule has 3 aliphatic rings. The van der Waals surface area contributed by atoms with Gasteiger partial charge in [0, 0.05) is 32.7 Å². The number of nitriles is 1. The summed E-state index contributed by atoms with van der Waals surface area (Å²) < 4.78 is 0. The first kappa shape index (κ1) is 20.0. The standard InChI is InChI=1S/C21H34N6/c1-23-20(19-22)21-26(14-8-13-24-9-4-2-5-10-24)17-18-27(21)16-15-25-11-6-3-7-12-25/h2-18H2. The van der Waals surface area contributed by atoms with Crippen molar-refractivity contribution < 1.29 is 0 Å². The van der Waals surface area contributed by atoms with Crippen molar-refractivity contribution in [1.82, 2.24) is 19.6 Å². The maximum Gasteiger partial charge on any atom is 0.300 e. The first-order valence-electron chi connectivity index (χ1n) is 10.8. The fourth-order valence-electron chi connectivity index (χ4n) is 4.63. The van der Waals surface area contributed by atoms with Gasteiger partial charge in [0.15, 0.2) is 0 Å². The summed E-state index contributed by atoms with van der Waals surface area (Å²) in [6.45, 7) is 18.2. The molecule has 3 rings (SSSR count). The van der Waals surface area contributed by atoms with Crippen LogP contribution in [-0.2, 0) is 0 Å². The molecule has 3 heterocycles. The zero-order valence-electron chi connectivity index (χ0n) is 16.7. The molecule has 0 saturated carbocycles. The Balaban J connectivity index is 1.54. The molecule has 3 saturated heterocycles. The van der Waals surface area contributed by atoms with Gasteiger partial charge in [-0.15, -0.1) is 0 Å². The van der Waals surface area contributed by atoms with Crippen LogP contribution in [0.15, 0.2) is 11.5 Å². The largest absolute Gasteiger partial charge is 0.365 e. The lowest BCUT2D eigenvalue weighted by Crippen LogP contribution is -2.37. The van der Waals surface area contributed by atoms with Crippen LogP contribution in [0.25, 0.3) is 4.85 Å². The van der Waals surface area contributed by atoms with Crippen molar-refractivity contribution in [3.05, 3.63) is 22.9 Å². The minimum Gasteiger partial charge on any atom is -0.365 e. The summed E-state index contributed by atoms with van der Waals surface area (Å²) >= 11 is 0. The molecule has 0 aliphatic carbocycles. The van der Waals surface area contributed by atoms with E-state index < -0.39 is 0 Å². The summed E-state index contributed by atoms with van der Waals surface area (Å²) in [5.74, 6) is 0.892. The molecular weight excluding hydrogens is 336 g/mol.